The first-order chi connectivity index (χ1) is 8.01. The van der Waals surface area contributed by atoms with Crippen molar-refractivity contribution in [2.24, 2.45) is 0 Å². The van der Waals surface area contributed by atoms with E-state index in [1.807, 2.05) is 6.92 Å². The van der Waals surface area contributed by atoms with E-state index in [9.17, 15) is 9.13 Å². The van der Waals surface area contributed by atoms with Crippen LogP contribution in [0, 0.1) is 13.8 Å². The zero-order valence-corrected chi connectivity index (χ0v) is 11.6. The minimum Gasteiger partial charge on any atom is -0.362 e. The van der Waals surface area contributed by atoms with Gasteiger partial charge in [-0.25, -0.2) is 0 Å². The highest BCUT2D eigenvalue weighted by Gasteiger charge is 2.43. The summed E-state index contributed by atoms with van der Waals surface area (Å²) in [4.78, 5) is 35.8. The molecule has 0 saturated carbocycles. The Kier molecular flexibility index (Phi) is 4.38. The zero-order chi connectivity index (χ0) is 14.1. The number of rotatable bonds is 4. The Hall–Kier alpha value is -0.680. The molecule has 1 aromatic carbocycles. The first kappa shape index (κ1) is 15.4. The summed E-state index contributed by atoms with van der Waals surface area (Å²) in [6.07, 6.45) is 0. The predicted octanol–water partition coefficient (Wildman–Crippen LogP) is 1.35. The third-order valence-electron chi connectivity index (χ3n) is 2.44. The van der Waals surface area contributed by atoms with E-state index in [2.05, 4.69) is 5.32 Å². The summed E-state index contributed by atoms with van der Waals surface area (Å²) in [5, 5.41) is 2.20. The summed E-state index contributed by atoms with van der Waals surface area (Å²) in [7, 11) is -9.93. The molecule has 0 aliphatic heterocycles. The topological polar surface area (TPSA) is 127 Å². The molecule has 0 radical (unpaired) electrons. The summed E-state index contributed by atoms with van der Waals surface area (Å²) in [6.45, 7) is 3.63. The van der Waals surface area contributed by atoms with Gasteiger partial charge in [0.05, 0.1) is 0 Å². The molecule has 7 nitrogen and oxygen atoms in total. The first-order valence-corrected chi connectivity index (χ1v) is 8.32. The highest BCUT2D eigenvalue weighted by Crippen LogP contribution is 2.59. The van der Waals surface area contributed by atoms with E-state index in [1.165, 1.54) is 6.07 Å². The summed E-state index contributed by atoms with van der Waals surface area (Å²) in [6, 6.07) is 4.75. The molecule has 0 amide bonds. The van der Waals surface area contributed by atoms with Gasteiger partial charge in [-0.3, -0.25) is 9.13 Å². The summed E-state index contributed by atoms with van der Waals surface area (Å²) < 4.78 is 22.1. The lowest BCUT2D eigenvalue weighted by Crippen LogP contribution is -2.19. The van der Waals surface area contributed by atoms with E-state index < -0.39 is 20.7 Å². The Bertz CT molecular complexity index is 512. The van der Waals surface area contributed by atoms with Gasteiger partial charge >= 0.3 is 15.2 Å². The van der Waals surface area contributed by atoms with Crippen LogP contribution in [0.15, 0.2) is 18.2 Å². The van der Waals surface area contributed by atoms with E-state index in [0.29, 0.717) is 0 Å². The van der Waals surface area contributed by atoms with Crippen molar-refractivity contribution in [2.75, 3.05) is 5.32 Å². The third kappa shape index (κ3) is 3.92. The molecule has 0 fully saturated rings. The van der Waals surface area contributed by atoms with E-state index in [0.717, 1.165) is 11.1 Å². The molecule has 0 atom stereocenters. The minimum absolute atomic E-state index is 0.245. The van der Waals surface area contributed by atoms with E-state index >= 15 is 0 Å². The van der Waals surface area contributed by atoms with Gasteiger partial charge in [-0.05, 0) is 37.1 Å². The van der Waals surface area contributed by atoms with Crippen LogP contribution in [-0.4, -0.2) is 25.1 Å². The largest absolute Gasteiger partial charge is 0.362 e. The molecule has 0 saturated heterocycles. The quantitative estimate of drug-likeness (QED) is 0.530. The highest BCUT2D eigenvalue weighted by molar-refractivity contribution is 7.71. The van der Waals surface area contributed by atoms with Crippen LogP contribution < -0.4 is 5.32 Å². The zero-order valence-electron chi connectivity index (χ0n) is 9.81. The van der Waals surface area contributed by atoms with Crippen molar-refractivity contribution < 1.29 is 28.7 Å². The lowest BCUT2D eigenvalue weighted by molar-refractivity contribution is 0.343. The van der Waals surface area contributed by atoms with Crippen molar-refractivity contribution in [3.05, 3.63) is 29.3 Å². The second-order valence-electron chi connectivity index (χ2n) is 4.00. The number of anilines is 1. The molecular formula is C9H15NO6P2. The molecule has 0 aliphatic rings. The van der Waals surface area contributed by atoms with Crippen molar-refractivity contribution in [3.8, 4) is 0 Å². The van der Waals surface area contributed by atoms with Crippen molar-refractivity contribution >= 4 is 20.9 Å². The maximum atomic E-state index is 11.1. The number of hydrogen-bond acceptors (Lipinski definition) is 3. The van der Waals surface area contributed by atoms with Crippen LogP contribution in [-0.2, 0) is 9.13 Å². The van der Waals surface area contributed by atoms with E-state index in [1.54, 1.807) is 19.1 Å². The third-order valence-corrected chi connectivity index (χ3v) is 5.78. The molecule has 0 bridgehead atoms. The molecule has 0 heterocycles. The SMILES string of the molecule is Cc1ccc(NC(P(=O)(O)O)P(=O)(O)O)cc1C. The van der Waals surface area contributed by atoms with Gasteiger partial charge in [-0.2, -0.15) is 0 Å². The van der Waals surface area contributed by atoms with Gasteiger partial charge in [-0.15, -0.1) is 0 Å². The van der Waals surface area contributed by atoms with Gasteiger partial charge in [0, 0.05) is 5.69 Å². The minimum atomic E-state index is -4.96. The summed E-state index contributed by atoms with van der Waals surface area (Å²) in [5.74, 6) is 0. The van der Waals surface area contributed by atoms with Crippen LogP contribution in [0.1, 0.15) is 11.1 Å². The van der Waals surface area contributed by atoms with Gasteiger partial charge < -0.3 is 24.9 Å². The number of nitrogens with one attached hydrogen (secondary N) is 1. The van der Waals surface area contributed by atoms with Crippen LogP contribution in [0.5, 0.6) is 0 Å². The Morgan fingerprint density at radius 2 is 1.50 bits per heavy atom. The average molecular weight is 295 g/mol. The molecule has 0 aliphatic carbocycles. The van der Waals surface area contributed by atoms with Crippen molar-refractivity contribution in [3.63, 3.8) is 0 Å². The number of aryl methyl sites for hydroxylation is 2. The van der Waals surface area contributed by atoms with E-state index in [-0.39, 0.29) is 5.69 Å². The molecular weight excluding hydrogens is 280 g/mol. The second kappa shape index (κ2) is 5.13. The van der Waals surface area contributed by atoms with Crippen LogP contribution in [0.25, 0.3) is 0 Å². The van der Waals surface area contributed by atoms with Crippen LogP contribution in [0.2, 0.25) is 0 Å². The lowest BCUT2D eigenvalue weighted by Gasteiger charge is -2.22. The van der Waals surface area contributed by atoms with Crippen molar-refractivity contribution in [1.82, 2.24) is 0 Å². The highest BCUT2D eigenvalue weighted by atomic mass is 31.2. The molecule has 1 rings (SSSR count). The molecule has 9 heteroatoms. The molecule has 1 aromatic rings. The predicted molar refractivity (Wildman–Crippen MR) is 67.4 cm³/mol. The summed E-state index contributed by atoms with van der Waals surface area (Å²) >= 11 is 0. The average Bonchev–Trinajstić information content (AvgIpc) is 2.16. The normalized spacial score (nSPS) is 12.8. The van der Waals surface area contributed by atoms with E-state index in [4.69, 9.17) is 19.6 Å². The Morgan fingerprint density at radius 3 is 1.89 bits per heavy atom. The maximum absolute atomic E-state index is 11.1. The summed E-state index contributed by atoms with van der Waals surface area (Å²) in [5.41, 5.74) is -0.179. The molecule has 0 aromatic heterocycles. The van der Waals surface area contributed by atoms with Gasteiger partial charge in [0.25, 0.3) is 0 Å². The number of benzene rings is 1. The Balaban J connectivity index is 3.09. The van der Waals surface area contributed by atoms with Gasteiger partial charge in [0.1, 0.15) is 0 Å². The van der Waals surface area contributed by atoms with Gasteiger partial charge in [-0.1, -0.05) is 6.07 Å². The molecule has 5 N–H and O–H groups in total. The van der Waals surface area contributed by atoms with Crippen LogP contribution >= 0.6 is 15.2 Å². The molecule has 102 valence electrons. The van der Waals surface area contributed by atoms with Crippen molar-refractivity contribution in [1.29, 1.82) is 0 Å². The lowest BCUT2D eigenvalue weighted by atomic mass is 10.1. The first-order valence-electron chi connectivity index (χ1n) is 4.96. The monoisotopic (exact) mass is 295 g/mol. The van der Waals surface area contributed by atoms with Crippen molar-refractivity contribution in [2.45, 2.75) is 19.4 Å². The van der Waals surface area contributed by atoms with Gasteiger partial charge in [0.15, 0.2) is 0 Å². The second-order valence-corrected chi connectivity index (χ2v) is 7.79. The standard InChI is InChI=1S/C9H15NO6P2/c1-6-3-4-8(5-7(6)2)10-9(17(11,12)13)18(14,15)16/h3-5,9-10H,1-2H3,(H2,11,12,13)(H2,14,15,16). The molecule has 0 spiro atoms. The Labute approximate surface area is 104 Å². The van der Waals surface area contributed by atoms with Gasteiger partial charge in [0.2, 0.25) is 5.52 Å². The fourth-order valence-electron chi connectivity index (χ4n) is 1.34. The fraction of sp³-hybridized carbons (Fsp3) is 0.333. The number of hydrogen-bond donors (Lipinski definition) is 5. The smallest absolute Gasteiger partial charge is 0.360 e. The van der Waals surface area contributed by atoms with Crippen LogP contribution in [0.4, 0.5) is 5.69 Å². The van der Waals surface area contributed by atoms with Crippen LogP contribution in [0.3, 0.4) is 0 Å². The Morgan fingerprint density at radius 1 is 1.00 bits per heavy atom. The molecule has 0 unspecified atom stereocenters. The fourth-order valence-corrected chi connectivity index (χ4v) is 3.55. The molecule has 18 heavy (non-hydrogen) atoms. The maximum Gasteiger partial charge on any atom is 0.360 e.